The van der Waals surface area contributed by atoms with Crippen LogP contribution in [0.5, 0.6) is 5.75 Å². The van der Waals surface area contributed by atoms with Crippen LogP contribution >= 0.6 is 0 Å². The van der Waals surface area contributed by atoms with Gasteiger partial charge >= 0.3 is 5.97 Å². The Balaban J connectivity index is 3.24. The fourth-order valence-corrected chi connectivity index (χ4v) is 1.71. The van der Waals surface area contributed by atoms with Crippen LogP contribution in [-0.4, -0.2) is 22.8 Å². The molecule has 18 heavy (non-hydrogen) atoms. The Morgan fingerprint density at radius 3 is 2.50 bits per heavy atom. The van der Waals surface area contributed by atoms with Crippen molar-refractivity contribution in [1.82, 2.24) is 0 Å². The molecule has 0 saturated carbocycles. The van der Waals surface area contributed by atoms with E-state index in [1.54, 1.807) is 20.8 Å². The number of hydrogen-bond acceptors (Lipinski definition) is 3. The fourth-order valence-electron chi connectivity index (χ4n) is 1.71. The summed E-state index contributed by atoms with van der Waals surface area (Å²) >= 11 is 0. The summed E-state index contributed by atoms with van der Waals surface area (Å²) in [5, 5.41) is 19.3. The number of benzene rings is 1. The predicted molar refractivity (Wildman–Crippen MR) is 63.9 cm³/mol. The van der Waals surface area contributed by atoms with Crippen LogP contribution in [0.2, 0.25) is 0 Å². The topological polar surface area (TPSA) is 66.8 Å². The fraction of sp³-hybridized carbons (Fsp3) is 0.462. The Morgan fingerprint density at radius 2 is 2.11 bits per heavy atom. The van der Waals surface area contributed by atoms with Crippen molar-refractivity contribution in [3.05, 3.63) is 29.6 Å². The van der Waals surface area contributed by atoms with Gasteiger partial charge in [-0.25, -0.2) is 9.18 Å². The average molecular weight is 256 g/mol. The lowest BCUT2D eigenvalue weighted by Gasteiger charge is -2.28. The van der Waals surface area contributed by atoms with Gasteiger partial charge in [-0.05, 0) is 30.5 Å². The largest absolute Gasteiger partial charge is 0.491 e. The number of aliphatic hydroxyl groups is 1. The Labute approximate surface area is 105 Å². The first kappa shape index (κ1) is 14.4. The van der Waals surface area contributed by atoms with Crippen molar-refractivity contribution in [3.63, 3.8) is 0 Å². The number of hydrogen-bond donors (Lipinski definition) is 2. The summed E-state index contributed by atoms with van der Waals surface area (Å²) in [5.41, 5.74) is -2.10. The summed E-state index contributed by atoms with van der Waals surface area (Å²) < 4.78 is 18.7. The van der Waals surface area contributed by atoms with Gasteiger partial charge in [0, 0.05) is 0 Å². The highest BCUT2D eigenvalue weighted by Gasteiger charge is 2.41. The molecule has 1 rings (SSSR count). The van der Waals surface area contributed by atoms with E-state index < -0.39 is 23.3 Å². The molecular weight excluding hydrogens is 239 g/mol. The summed E-state index contributed by atoms with van der Waals surface area (Å²) in [6.07, 6.45) is 0. The quantitative estimate of drug-likeness (QED) is 0.847. The average Bonchev–Trinajstić information content (AvgIpc) is 2.30. The van der Waals surface area contributed by atoms with E-state index in [2.05, 4.69) is 0 Å². The first-order chi connectivity index (χ1) is 8.33. The minimum atomic E-state index is -2.11. The summed E-state index contributed by atoms with van der Waals surface area (Å²) in [4.78, 5) is 11.2. The summed E-state index contributed by atoms with van der Waals surface area (Å²) in [5.74, 6) is -2.64. The Kier molecular flexibility index (Phi) is 4.29. The highest BCUT2D eigenvalue weighted by Crippen LogP contribution is 2.32. The van der Waals surface area contributed by atoms with Crippen LogP contribution in [0.25, 0.3) is 0 Å². The zero-order valence-corrected chi connectivity index (χ0v) is 10.6. The Morgan fingerprint density at radius 1 is 1.50 bits per heavy atom. The number of ether oxygens (including phenoxy) is 1. The predicted octanol–water partition coefficient (Wildman–Crippen LogP) is 2.15. The maximum Gasteiger partial charge on any atom is 0.340 e. The van der Waals surface area contributed by atoms with Crippen LogP contribution in [-0.2, 0) is 10.4 Å². The molecule has 1 atom stereocenters. The third-order valence-corrected chi connectivity index (χ3v) is 2.83. The van der Waals surface area contributed by atoms with Gasteiger partial charge in [0.15, 0.2) is 17.2 Å². The molecule has 0 fully saturated rings. The van der Waals surface area contributed by atoms with Crippen LogP contribution < -0.4 is 4.74 Å². The van der Waals surface area contributed by atoms with Crippen LogP contribution in [0.3, 0.4) is 0 Å². The third kappa shape index (κ3) is 2.46. The number of rotatable bonds is 5. The zero-order valence-electron chi connectivity index (χ0n) is 10.6. The smallest absolute Gasteiger partial charge is 0.340 e. The lowest BCUT2D eigenvalue weighted by Crippen LogP contribution is -2.40. The molecule has 4 nitrogen and oxygen atoms in total. The molecule has 2 N–H and O–H groups in total. The van der Waals surface area contributed by atoms with Gasteiger partial charge in [-0.3, -0.25) is 0 Å². The maximum atomic E-state index is 13.7. The Bertz CT molecular complexity index is 445. The van der Waals surface area contributed by atoms with Crippen LogP contribution in [0.15, 0.2) is 18.2 Å². The zero-order chi connectivity index (χ0) is 13.9. The highest BCUT2D eigenvalue weighted by molar-refractivity contribution is 5.79. The summed E-state index contributed by atoms with van der Waals surface area (Å²) in [6.45, 7) is 5.14. The van der Waals surface area contributed by atoms with Gasteiger partial charge in [-0.1, -0.05) is 19.9 Å². The van der Waals surface area contributed by atoms with Crippen molar-refractivity contribution < 1.29 is 24.1 Å². The van der Waals surface area contributed by atoms with Gasteiger partial charge in [0.1, 0.15) is 0 Å². The second kappa shape index (κ2) is 5.35. The molecule has 0 amide bonds. The van der Waals surface area contributed by atoms with Crippen molar-refractivity contribution >= 4 is 5.97 Å². The molecule has 0 aliphatic carbocycles. The number of halogens is 1. The number of carboxylic acid groups (broad SMARTS) is 1. The van der Waals surface area contributed by atoms with Gasteiger partial charge in [0.2, 0.25) is 0 Å². The van der Waals surface area contributed by atoms with Crippen molar-refractivity contribution in [1.29, 1.82) is 0 Å². The lowest BCUT2D eigenvalue weighted by molar-refractivity contribution is -0.165. The van der Waals surface area contributed by atoms with Crippen molar-refractivity contribution in [2.45, 2.75) is 26.4 Å². The molecule has 0 spiro atoms. The molecule has 0 bridgehead atoms. The van der Waals surface area contributed by atoms with E-state index >= 15 is 0 Å². The molecule has 1 aromatic carbocycles. The normalized spacial score (nSPS) is 14.3. The minimum Gasteiger partial charge on any atom is -0.491 e. The Hall–Kier alpha value is -1.62. The monoisotopic (exact) mass is 256 g/mol. The second-order valence-electron chi connectivity index (χ2n) is 4.30. The molecule has 0 aliphatic rings. The number of carbonyl (C=O) groups is 1. The minimum absolute atomic E-state index is 0.00551. The molecule has 0 saturated heterocycles. The summed E-state index contributed by atoms with van der Waals surface area (Å²) in [7, 11) is 0. The molecule has 0 aliphatic heterocycles. The summed E-state index contributed by atoms with van der Waals surface area (Å²) in [6, 6.07) is 3.69. The van der Waals surface area contributed by atoms with Gasteiger partial charge in [-0.15, -0.1) is 0 Å². The van der Waals surface area contributed by atoms with E-state index in [9.17, 15) is 14.3 Å². The standard InChI is InChI=1S/C13H17FO4/c1-4-18-11-6-5-9(7-10(11)14)13(17,8(2)3)12(15)16/h5-8,17H,4H2,1-3H3,(H,15,16). The molecule has 0 radical (unpaired) electrons. The molecular formula is C13H17FO4. The SMILES string of the molecule is CCOc1ccc(C(O)(C(=O)O)C(C)C)cc1F. The van der Waals surface area contributed by atoms with Gasteiger partial charge in [0.25, 0.3) is 0 Å². The lowest BCUT2D eigenvalue weighted by atomic mass is 9.83. The van der Waals surface area contributed by atoms with E-state index in [1.807, 2.05) is 0 Å². The van der Waals surface area contributed by atoms with Gasteiger partial charge < -0.3 is 14.9 Å². The van der Waals surface area contributed by atoms with E-state index in [4.69, 9.17) is 9.84 Å². The number of aliphatic carboxylic acids is 1. The molecule has 0 heterocycles. The van der Waals surface area contributed by atoms with Crippen LogP contribution in [0.4, 0.5) is 4.39 Å². The van der Waals surface area contributed by atoms with E-state index in [0.717, 1.165) is 6.07 Å². The van der Waals surface area contributed by atoms with Gasteiger partial charge in [0.05, 0.1) is 6.61 Å². The molecule has 1 unspecified atom stereocenters. The van der Waals surface area contributed by atoms with Crippen LogP contribution in [0.1, 0.15) is 26.3 Å². The molecule has 5 heteroatoms. The van der Waals surface area contributed by atoms with Crippen molar-refractivity contribution in [2.24, 2.45) is 5.92 Å². The molecule has 0 aromatic heterocycles. The molecule has 100 valence electrons. The molecule has 1 aromatic rings. The van der Waals surface area contributed by atoms with Crippen molar-refractivity contribution in [2.75, 3.05) is 6.61 Å². The first-order valence-electron chi connectivity index (χ1n) is 5.72. The van der Waals surface area contributed by atoms with Crippen molar-refractivity contribution in [3.8, 4) is 5.75 Å². The van der Waals surface area contributed by atoms with Crippen LogP contribution in [0, 0.1) is 11.7 Å². The highest BCUT2D eigenvalue weighted by atomic mass is 19.1. The van der Waals surface area contributed by atoms with E-state index in [-0.39, 0.29) is 11.3 Å². The first-order valence-corrected chi connectivity index (χ1v) is 5.72. The van der Waals surface area contributed by atoms with E-state index in [1.165, 1.54) is 12.1 Å². The second-order valence-corrected chi connectivity index (χ2v) is 4.30. The third-order valence-electron chi connectivity index (χ3n) is 2.83. The number of carboxylic acids is 1. The van der Waals surface area contributed by atoms with Gasteiger partial charge in [-0.2, -0.15) is 0 Å². The van der Waals surface area contributed by atoms with E-state index in [0.29, 0.717) is 6.61 Å². The maximum absolute atomic E-state index is 13.7.